The van der Waals surface area contributed by atoms with E-state index < -0.39 is 23.7 Å². The van der Waals surface area contributed by atoms with E-state index in [0.29, 0.717) is 0 Å². The van der Waals surface area contributed by atoms with Gasteiger partial charge in [0, 0.05) is 16.3 Å². The topological polar surface area (TPSA) is 88.8 Å². The number of para-hydroxylation sites is 2. The van der Waals surface area contributed by atoms with Crippen LogP contribution >= 0.6 is 0 Å². The van der Waals surface area contributed by atoms with E-state index >= 15 is 0 Å². The maximum Gasteiger partial charge on any atom is 0.408 e. The van der Waals surface area contributed by atoms with Gasteiger partial charge in [-0.1, -0.05) is 91.0 Å². The zero-order valence-corrected chi connectivity index (χ0v) is 22.7. The number of carboxylic acids is 1. The summed E-state index contributed by atoms with van der Waals surface area (Å²) in [4.78, 5) is 23.6. The SMILES string of the molecule is CC(C)(C)OC(=O)NC(C/C=C/c1ccc(-c2cccc(-c3cccc4c3oc3ccccc34)c2)cc1)C(=O)O. The minimum absolute atomic E-state index is 0.131. The lowest BCUT2D eigenvalue weighted by Gasteiger charge is -2.21. The molecular formula is C34H31NO5. The minimum Gasteiger partial charge on any atom is -0.480 e. The van der Waals surface area contributed by atoms with Crippen molar-refractivity contribution in [1.82, 2.24) is 5.32 Å². The van der Waals surface area contributed by atoms with Gasteiger partial charge in [0.15, 0.2) is 0 Å². The molecule has 6 nitrogen and oxygen atoms in total. The smallest absolute Gasteiger partial charge is 0.408 e. The summed E-state index contributed by atoms with van der Waals surface area (Å²) in [5, 5.41) is 14.1. The largest absolute Gasteiger partial charge is 0.480 e. The quantitative estimate of drug-likeness (QED) is 0.220. The van der Waals surface area contributed by atoms with Gasteiger partial charge in [-0.15, -0.1) is 0 Å². The van der Waals surface area contributed by atoms with E-state index in [1.807, 2.05) is 54.6 Å². The Kier molecular flexibility index (Phi) is 7.43. The first kappa shape index (κ1) is 26.8. The Bertz CT molecular complexity index is 1710. The molecule has 1 heterocycles. The molecule has 0 spiro atoms. The van der Waals surface area contributed by atoms with Crippen molar-refractivity contribution in [2.45, 2.75) is 38.8 Å². The Morgan fingerprint density at radius 3 is 2.33 bits per heavy atom. The summed E-state index contributed by atoms with van der Waals surface area (Å²) in [6.45, 7) is 5.18. The molecule has 0 aliphatic heterocycles. The molecule has 4 aromatic carbocycles. The third-order valence-corrected chi connectivity index (χ3v) is 6.49. The van der Waals surface area contributed by atoms with Gasteiger partial charge in [0.1, 0.15) is 22.8 Å². The van der Waals surface area contributed by atoms with Crippen molar-refractivity contribution in [3.05, 3.63) is 103 Å². The molecule has 5 rings (SSSR count). The van der Waals surface area contributed by atoms with Crippen LogP contribution in [-0.4, -0.2) is 28.8 Å². The third-order valence-electron chi connectivity index (χ3n) is 6.49. The fraction of sp³-hybridized carbons (Fsp3) is 0.176. The standard InChI is InChI=1S/C34H31NO5/c1-34(2,3)40-33(38)35-29(32(36)37)15-6-9-22-17-19-23(20-18-22)24-10-7-11-25(21-24)26-13-8-14-28-27-12-4-5-16-30(27)39-31(26)28/h4-14,16-21,29H,15H2,1-3H3,(H,35,38)(H,36,37)/b9-6+. The molecule has 1 unspecified atom stereocenters. The van der Waals surface area contributed by atoms with E-state index in [1.165, 1.54) is 0 Å². The fourth-order valence-electron chi connectivity index (χ4n) is 4.64. The van der Waals surface area contributed by atoms with Crippen molar-refractivity contribution in [2.75, 3.05) is 0 Å². The number of ether oxygens (including phenoxy) is 1. The van der Waals surface area contributed by atoms with Crippen LogP contribution in [-0.2, 0) is 9.53 Å². The van der Waals surface area contributed by atoms with Crippen molar-refractivity contribution in [3.63, 3.8) is 0 Å². The third kappa shape index (κ3) is 6.07. The molecule has 0 saturated carbocycles. The number of carbonyl (C=O) groups excluding carboxylic acids is 1. The van der Waals surface area contributed by atoms with Gasteiger partial charge >= 0.3 is 12.1 Å². The van der Waals surface area contributed by atoms with Gasteiger partial charge < -0.3 is 19.6 Å². The van der Waals surface area contributed by atoms with Crippen LogP contribution in [0.4, 0.5) is 4.79 Å². The maximum atomic E-state index is 12.0. The molecule has 202 valence electrons. The highest BCUT2D eigenvalue weighted by Crippen LogP contribution is 2.36. The molecule has 0 fully saturated rings. The lowest BCUT2D eigenvalue weighted by atomic mass is 9.97. The second-order valence-corrected chi connectivity index (χ2v) is 10.7. The summed E-state index contributed by atoms with van der Waals surface area (Å²) in [5.41, 5.74) is 6.23. The molecular weight excluding hydrogens is 502 g/mol. The number of amides is 1. The molecule has 0 aliphatic rings. The number of rotatable bonds is 7. The summed E-state index contributed by atoms with van der Waals surface area (Å²) in [5.74, 6) is -1.12. The van der Waals surface area contributed by atoms with Crippen molar-refractivity contribution in [3.8, 4) is 22.3 Å². The zero-order chi connectivity index (χ0) is 28.3. The molecule has 6 heteroatoms. The van der Waals surface area contributed by atoms with Crippen LogP contribution in [0.5, 0.6) is 0 Å². The van der Waals surface area contributed by atoms with Crippen LogP contribution in [0.15, 0.2) is 101 Å². The number of hydrogen-bond donors (Lipinski definition) is 2. The second-order valence-electron chi connectivity index (χ2n) is 10.7. The number of alkyl carbamates (subject to hydrolysis) is 1. The minimum atomic E-state index is -1.12. The number of fused-ring (bicyclic) bond motifs is 3. The average molecular weight is 534 g/mol. The Morgan fingerprint density at radius 2 is 1.57 bits per heavy atom. The van der Waals surface area contributed by atoms with Crippen molar-refractivity contribution in [1.29, 1.82) is 0 Å². The van der Waals surface area contributed by atoms with E-state index in [-0.39, 0.29) is 6.42 Å². The van der Waals surface area contributed by atoms with Crippen molar-refractivity contribution < 1.29 is 23.8 Å². The van der Waals surface area contributed by atoms with Gasteiger partial charge in [0.25, 0.3) is 0 Å². The van der Waals surface area contributed by atoms with E-state index in [1.54, 1.807) is 26.8 Å². The molecule has 5 aromatic rings. The second kappa shape index (κ2) is 11.1. The van der Waals surface area contributed by atoms with Gasteiger partial charge in [-0.3, -0.25) is 0 Å². The fourth-order valence-corrected chi connectivity index (χ4v) is 4.64. The molecule has 2 N–H and O–H groups in total. The molecule has 1 aromatic heterocycles. The van der Waals surface area contributed by atoms with Gasteiger partial charge in [-0.2, -0.15) is 0 Å². The Morgan fingerprint density at radius 1 is 0.875 bits per heavy atom. The number of carboxylic acid groups (broad SMARTS) is 1. The van der Waals surface area contributed by atoms with Gasteiger partial charge in [0.05, 0.1) is 0 Å². The van der Waals surface area contributed by atoms with E-state index in [9.17, 15) is 14.7 Å². The predicted octanol–water partition coefficient (Wildman–Crippen LogP) is 8.30. The first-order chi connectivity index (χ1) is 19.2. The van der Waals surface area contributed by atoms with Crippen LogP contribution in [0.3, 0.4) is 0 Å². The maximum absolute atomic E-state index is 12.0. The van der Waals surface area contributed by atoms with Crippen molar-refractivity contribution in [2.24, 2.45) is 0 Å². The van der Waals surface area contributed by atoms with Crippen LogP contribution < -0.4 is 5.32 Å². The van der Waals surface area contributed by atoms with E-state index in [4.69, 9.17) is 9.15 Å². The number of furan rings is 1. The molecule has 1 amide bonds. The van der Waals surface area contributed by atoms with Crippen LogP contribution in [0.2, 0.25) is 0 Å². The molecule has 1 atom stereocenters. The molecule has 0 saturated heterocycles. The summed E-state index contributed by atoms with van der Waals surface area (Å²) >= 11 is 0. The van der Waals surface area contributed by atoms with Gasteiger partial charge in [-0.25, -0.2) is 9.59 Å². The first-order valence-corrected chi connectivity index (χ1v) is 13.2. The first-order valence-electron chi connectivity index (χ1n) is 13.2. The summed E-state index contributed by atoms with van der Waals surface area (Å²) in [6.07, 6.45) is 2.96. The Balaban J connectivity index is 1.31. The predicted molar refractivity (Wildman–Crippen MR) is 159 cm³/mol. The zero-order valence-electron chi connectivity index (χ0n) is 22.7. The molecule has 0 bridgehead atoms. The number of aliphatic carboxylic acids is 1. The van der Waals surface area contributed by atoms with Gasteiger partial charge in [0.2, 0.25) is 0 Å². The highest BCUT2D eigenvalue weighted by molar-refractivity contribution is 6.09. The number of nitrogens with one attached hydrogen (secondary N) is 1. The van der Waals surface area contributed by atoms with Crippen LogP contribution in [0.1, 0.15) is 32.8 Å². The number of benzene rings is 4. The summed E-state index contributed by atoms with van der Waals surface area (Å²) in [7, 11) is 0. The average Bonchev–Trinajstić information content (AvgIpc) is 3.31. The van der Waals surface area contributed by atoms with E-state index in [2.05, 4.69) is 47.8 Å². The highest BCUT2D eigenvalue weighted by atomic mass is 16.6. The Hall–Kier alpha value is -4.84. The molecule has 0 radical (unpaired) electrons. The Labute approximate surface area is 232 Å². The van der Waals surface area contributed by atoms with Gasteiger partial charge in [-0.05, 0) is 61.6 Å². The lowest BCUT2D eigenvalue weighted by molar-refractivity contribution is -0.139. The summed E-state index contributed by atoms with van der Waals surface area (Å²) in [6, 6.07) is 29.6. The lowest BCUT2D eigenvalue weighted by Crippen LogP contribution is -2.43. The van der Waals surface area contributed by atoms with Crippen molar-refractivity contribution >= 4 is 40.1 Å². The monoisotopic (exact) mass is 533 g/mol. The number of carbonyl (C=O) groups is 2. The normalized spacial score (nSPS) is 12.6. The van der Waals surface area contributed by atoms with E-state index in [0.717, 1.165) is 49.8 Å². The number of hydrogen-bond acceptors (Lipinski definition) is 4. The highest BCUT2D eigenvalue weighted by Gasteiger charge is 2.23. The van der Waals surface area contributed by atoms with Crippen LogP contribution in [0.25, 0.3) is 50.3 Å². The summed E-state index contributed by atoms with van der Waals surface area (Å²) < 4.78 is 11.4. The van der Waals surface area contributed by atoms with Crippen LogP contribution in [0, 0.1) is 0 Å². The molecule has 0 aliphatic carbocycles. The molecule has 40 heavy (non-hydrogen) atoms.